The number of benzene rings is 1. The van der Waals surface area contributed by atoms with E-state index in [2.05, 4.69) is 5.32 Å². The molecule has 2 rings (SSSR count). The number of hydrogen-bond acceptors (Lipinski definition) is 3. The van der Waals surface area contributed by atoms with Crippen molar-refractivity contribution in [3.8, 4) is 5.75 Å². The van der Waals surface area contributed by atoms with Crippen LogP contribution in [-0.4, -0.2) is 34.9 Å². The maximum absolute atomic E-state index is 12.3. The van der Waals surface area contributed by atoms with Crippen LogP contribution in [0.1, 0.15) is 32.6 Å². The molecule has 0 spiro atoms. The van der Waals surface area contributed by atoms with Crippen molar-refractivity contribution in [3.63, 3.8) is 0 Å². The Bertz CT molecular complexity index is 516. The number of phenols is 1. The lowest BCUT2D eigenvalue weighted by atomic mass is 9.96. The van der Waals surface area contributed by atoms with Crippen LogP contribution in [-0.2, 0) is 9.59 Å². The Morgan fingerprint density at radius 1 is 1.38 bits per heavy atom. The number of piperidine rings is 1. The number of aromatic hydroxyl groups is 1. The molecule has 1 unspecified atom stereocenters. The summed E-state index contributed by atoms with van der Waals surface area (Å²) in [6.45, 7) is 3.18. The van der Waals surface area contributed by atoms with E-state index < -0.39 is 0 Å². The topological polar surface area (TPSA) is 69.6 Å². The largest absolute Gasteiger partial charge is 0.506 e. The highest BCUT2D eigenvalue weighted by Gasteiger charge is 2.28. The van der Waals surface area contributed by atoms with Crippen molar-refractivity contribution in [3.05, 3.63) is 24.3 Å². The molecule has 114 valence electrons. The first-order chi connectivity index (χ1) is 10.1. The van der Waals surface area contributed by atoms with Gasteiger partial charge in [0.05, 0.1) is 11.6 Å². The number of anilines is 1. The lowest BCUT2D eigenvalue weighted by Gasteiger charge is -2.32. The van der Waals surface area contributed by atoms with Crippen molar-refractivity contribution in [2.45, 2.75) is 32.6 Å². The molecule has 0 bridgehead atoms. The standard InChI is InChI=1S/C16H22N2O3/c1-2-6-15(20)18-10-5-7-12(11-18)16(21)17-13-8-3-4-9-14(13)19/h3-4,8-9,12,19H,2,5-7,10-11H2,1H3,(H,17,21). The molecule has 0 saturated carbocycles. The SMILES string of the molecule is CCCC(=O)N1CCCC(C(=O)Nc2ccccc2O)C1. The summed E-state index contributed by atoms with van der Waals surface area (Å²) >= 11 is 0. The molecule has 21 heavy (non-hydrogen) atoms. The summed E-state index contributed by atoms with van der Waals surface area (Å²) in [5.41, 5.74) is 0.416. The van der Waals surface area contributed by atoms with E-state index >= 15 is 0 Å². The molecule has 1 aliphatic rings. The summed E-state index contributed by atoms with van der Waals surface area (Å²) in [7, 11) is 0. The van der Waals surface area contributed by atoms with E-state index in [0.717, 1.165) is 25.8 Å². The van der Waals surface area contributed by atoms with E-state index in [-0.39, 0.29) is 23.5 Å². The number of nitrogens with one attached hydrogen (secondary N) is 1. The van der Waals surface area contributed by atoms with Gasteiger partial charge in [0.25, 0.3) is 0 Å². The molecule has 0 aliphatic carbocycles. The quantitative estimate of drug-likeness (QED) is 0.836. The maximum Gasteiger partial charge on any atom is 0.229 e. The van der Waals surface area contributed by atoms with Gasteiger partial charge in [-0.1, -0.05) is 19.1 Å². The lowest BCUT2D eigenvalue weighted by Crippen LogP contribution is -2.43. The number of phenolic OH excluding ortho intramolecular Hbond substituents is 1. The van der Waals surface area contributed by atoms with E-state index in [1.807, 2.05) is 6.92 Å². The van der Waals surface area contributed by atoms with Gasteiger partial charge in [0, 0.05) is 19.5 Å². The molecule has 1 saturated heterocycles. The predicted molar refractivity (Wildman–Crippen MR) is 80.9 cm³/mol. The molecule has 1 aromatic carbocycles. The number of rotatable bonds is 4. The van der Waals surface area contributed by atoms with E-state index in [1.165, 1.54) is 6.07 Å². The fraction of sp³-hybridized carbons (Fsp3) is 0.500. The van der Waals surface area contributed by atoms with Gasteiger partial charge in [-0.15, -0.1) is 0 Å². The molecule has 1 atom stereocenters. The zero-order valence-electron chi connectivity index (χ0n) is 12.3. The van der Waals surface area contributed by atoms with Crippen molar-refractivity contribution in [2.24, 2.45) is 5.92 Å². The minimum absolute atomic E-state index is 0.0561. The second kappa shape index (κ2) is 7.11. The van der Waals surface area contributed by atoms with Crippen molar-refractivity contribution >= 4 is 17.5 Å². The third-order valence-electron chi connectivity index (χ3n) is 3.77. The number of carbonyl (C=O) groups is 2. The molecule has 1 aliphatic heterocycles. The number of amides is 2. The summed E-state index contributed by atoms with van der Waals surface area (Å²) in [5.74, 6) is -0.164. The first-order valence-corrected chi connectivity index (χ1v) is 7.48. The Morgan fingerprint density at radius 3 is 2.86 bits per heavy atom. The summed E-state index contributed by atoms with van der Waals surface area (Å²) in [5, 5.41) is 12.4. The van der Waals surface area contributed by atoms with Gasteiger partial charge in [0.1, 0.15) is 5.75 Å². The van der Waals surface area contributed by atoms with E-state index in [1.54, 1.807) is 23.1 Å². The normalized spacial score (nSPS) is 18.3. The number of carbonyl (C=O) groups excluding carboxylic acids is 2. The summed E-state index contributed by atoms with van der Waals surface area (Å²) in [6, 6.07) is 6.66. The Balaban J connectivity index is 1.96. The van der Waals surface area contributed by atoms with Gasteiger partial charge in [-0.2, -0.15) is 0 Å². The van der Waals surface area contributed by atoms with Crippen LogP contribution >= 0.6 is 0 Å². The highest BCUT2D eigenvalue weighted by atomic mass is 16.3. The molecule has 0 radical (unpaired) electrons. The summed E-state index contributed by atoms with van der Waals surface area (Å²) in [4.78, 5) is 26.0. The summed E-state index contributed by atoms with van der Waals surface area (Å²) in [6.07, 6.45) is 2.97. The Hall–Kier alpha value is -2.04. The summed E-state index contributed by atoms with van der Waals surface area (Å²) < 4.78 is 0. The fourth-order valence-electron chi connectivity index (χ4n) is 2.60. The van der Waals surface area contributed by atoms with Crippen molar-refractivity contribution in [1.82, 2.24) is 4.90 Å². The van der Waals surface area contributed by atoms with Crippen molar-refractivity contribution in [2.75, 3.05) is 18.4 Å². The Labute approximate surface area is 125 Å². The molecular weight excluding hydrogens is 268 g/mol. The minimum atomic E-state index is -0.209. The van der Waals surface area contributed by atoms with E-state index in [4.69, 9.17) is 0 Å². The molecule has 1 aromatic rings. The van der Waals surface area contributed by atoms with E-state index in [9.17, 15) is 14.7 Å². The number of nitrogens with zero attached hydrogens (tertiary/aromatic N) is 1. The third-order valence-corrected chi connectivity index (χ3v) is 3.77. The van der Waals surface area contributed by atoms with Crippen LogP contribution in [0.4, 0.5) is 5.69 Å². The van der Waals surface area contributed by atoms with Crippen LogP contribution < -0.4 is 5.32 Å². The van der Waals surface area contributed by atoms with E-state index in [0.29, 0.717) is 18.7 Å². The van der Waals surface area contributed by atoms with Gasteiger partial charge in [-0.3, -0.25) is 9.59 Å². The van der Waals surface area contributed by atoms with Gasteiger partial charge in [0.2, 0.25) is 11.8 Å². The maximum atomic E-state index is 12.3. The van der Waals surface area contributed by atoms with Gasteiger partial charge < -0.3 is 15.3 Å². The average molecular weight is 290 g/mol. The molecule has 0 aromatic heterocycles. The van der Waals surface area contributed by atoms with Crippen LogP contribution in [0, 0.1) is 5.92 Å². The van der Waals surface area contributed by atoms with Crippen molar-refractivity contribution in [1.29, 1.82) is 0 Å². The van der Waals surface area contributed by atoms with Crippen LogP contribution in [0.5, 0.6) is 5.75 Å². The Morgan fingerprint density at radius 2 is 2.14 bits per heavy atom. The molecular formula is C16H22N2O3. The van der Waals surface area contributed by atoms with Gasteiger partial charge in [-0.05, 0) is 31.4 Å². The second-order valence-corrected chi connectivity index (χ2v) is 5.44. The molecule has 5 heteroatoms. The first-order valence-electron chi connectivity index (χ1n) is 7.48. The first kappa shape index (κ1) is 15.4. The lowest BCUT2D eigenvalue weighted by molar-refractivity contribution is -0.134. The van der Waals surface area contributed by atoms with Crippen LogP contribution in [0.3, 0.4) is 0 Å². The van der Waals surface area contributed by atoms with Crippen LogP contribution in [0.15, 0.2) is 24.3 Å². The van der Waals surface area contributed by atoms with Gasteiger partial charge >= 0.3 is 0 Å². The number of hydrogen-bond donors (Lipinski definition) is 2. The van der Waals surface area contributed by atoms with Gasteiger partial charge in [-0.25, -0.2) is 0 Å². The minimum Gasteiger partial charge on any atom is -0.506 e. The second-order valence-electron chi connectivity index (χ2n) is 5.44. The number of likely N-dealkylation sites (tertiary alicyclic amines) is 1. The van der Waals surface area contributed by atoms with Gasteiger partial charge in [0.15, 0.2) is 0 Å². The molecule has 2 N–H and O–H groups in total. The highest BCUT2D eigenvalue weighted by molar-refractivity contribution is 5.94. The molecule has 1 heterocycles. The van der Waals surface area contributed by atoms with Crippen LogP contribution in [0.25, 0.3) is 0 Å². The molecule has 1 fully saturated rings. The Kier molecular flexibility index (Phi) is 5.20. The highest BCUT2D eigenvalue weighted by Crippen LogP contribution is 2.24. The smallest absolute Gasteiger partial charge is 0.229 e. The van der Waals surface area contributed by atoms with Crippen LogP contribution in [0.2, 0.25) is 0 Å². The zero-order chi connectivity index (χ0) is 15.2. The zero-order valence-corrected chi connectivity index (χ0v) is 12.3. The number of para-hydroxylation sites is 2. The monoisotopic (exact) mass is 290 g/mol. The van der Waals surface area contributed by atoms with Crippen molar-refractivity contribution < 1.29 is 14.7 Å². The average Bonchev–Trinajstić information content (AvgIpc) is 2.50. The molecule has 5 nitrogen and oxygen atoms in total. The molecule has 2 amide bonds. The third kappa shape index (κ3) is 3.97. The fourth-order valence-corrected chi connectivity index (χ4v) is 2.60. The predicted octanol–water partition coefficient (Wildman–Crippen LogP) is 2.37.